The number of amides is 1. The quantitative estimate of drug-likeness (QED) is 0.743. The third kappa shape index (κ3) is 3.67. The number of thiazole rings is 1. The summed E-state index contributed by atoms with van der Waals surface area (Å²) in [7, 11) is 0. The molecule has 0 radical (unpaired) electrons. The minimum absolute atomic E-state index is 0.150. The van der Waals surface area contributed by atoms with E-state index in [1.54, 1.807) is 29.6 Å². The second kappa shape index (κ2) is 7.06. The van der Waals surface area contributed by atoms with Crippen LogP contribution in [0.3, 0.4) is 0 Å². The van der Waals surface area contributed by atoms with Gasteiger partial charge in [-0.05, 0) is 11.6 Å². The van der Waals surface area contributed by atoms with Gasteiger partial charge in [-0.25, -0.2) is 4.98 Å². The first-order valence-electron chi connectivity index (χ1n) is 7.25. The molecule has 120 valence electrons. The van der Waals surface area contributed by atoms with Gasteiger partial charge in [0.25, 0.3) is 5.91 Å². The highest BCUT2D eigenvalue weighted by atomic mass is 32.1. The number of aromatic nitrogens is 1. The van der Waals surface area contributed by atoms with Crippen molar-refractivity contribution >= 4 is 28.9 Å². The topological polar surface area (TPSA) is 79.3 Å². The van der Waals surface area contributed by atoms with E-state index in [1.807, 2.05) is 30.3 Å². The van der Waals surface area contributed by atoms with Crippen LogP contribution < -0.4 is 5.32 Å². The maximum Gasteiger partial charge on any atom is 0.307 e. The molecule has 0 unspecified atom stereocenters. The smallest absolute Gasteiger partial charge is 0.307 e. The van der Waals surface area contributed by atoms with Gasteiger partial charge < -0.3 is 10.4 Å². The van der Waals surface area contributed by atoms with Gasteiger partial charge in [0.05, 0.1) is 6.42 Å². The Labute approximate surface area is 142 Å². The maximum atomic E-state index is 12.4. The van der Waals surface area contributed by atoms with E-state index < -0.39 is 5.97 Å². The number of carbonyl (C=O) groups is 2. The molecule has 5 nitrogen and oxygen atoms in total. The second-order valence-corrected chi connectivity index (χ2v) is 5.94. The first kappa shape index (κ1) is 15.9. The molecule has 0 spiro atoms. The molecule has 6 heteroatoms. The third-order valence-electron chi connectivity index (χ3n) is 3.36. The zero-order chi connectivity index (χ0) is 16.9. The number of carboxylic acids is 1. The van der Waals surface area contributed by atoms with Crippen molar-refractivity contribution in [1.29, 1.82) is 0 Å². The fourth-order valence-electron chi connectivity index (χ4n) is 2.24. The van der Waals surface area contributed by atoms with Gasteiger partial charge in [0.2, 0.25) is 0 Å². The van der Waals surface area contributed by atoms with E-state index in [-0.39, 0.29) is 12.3 Å². The van der Waals surface area contributed by atoms with Crippen LogP contribution in [-0.2, 0) is 11.2 Å². The number of aliphatic carboxylic acids is 1. The van der Waals surface area contributed by atoms with E-state index in [4.69, 9.17) is 5.11 Å². The fraction of sp³-hybridized carbons (Fsp3) is 0.0556. The molecule has 0 aliphatic heterocycles. The summed E-state index contributed by atoms with van der Waals surface area (Å²) in [6.07, 6.45) is -0.150. The van der Waals surface area contributed by atoms with Gasteiger partial charge in [-0.15, -0.1) is 11.3 Å². The molecule has 1 aromatic heterocycles. The van der Waals surface area contributed by atoms with Gasteiger partial charge in [-0.2, -0.15) is 0 Å². The molecule has 0 saturated carbocycles. The fourth-order valence-corrected chi connectivity index (χ4v) is 3.04. The molecule has 1 heterocycles. The number of rotatable bonds is 5. The second-order valence-electron chi connectivity index (χ2n) is 5.09. The van der Waals surface area contributed by atoms with Gasteiger partial charge in [0.1, 0.15) is 10.7 Å². The summed E-state index contributed by atoms with van der Waals surface area (Å²) in [5.41, 5.74) is 2.30. The van der Waals surface area contributed by atoms with Crippen LogP contribution in [0.4, 0.5) is 5.69 Å². The van der Waals surface area contributed by atoms with Gasteiger partial charge in [0, 0.05) is 16.6 Å². The maximum absolute atomic E-state index is 12.4. The zero-order valence-corrected chi connectivity index (χ0v) is 13.4. The van der Waals surface area contributed by atoms with Gasteiger partial charge in [0.15, 0.2) is 0 Å². The van der Waals surface area contributed by atoms with Crippen molar-refractivity contribution in [2.75, 3.05) is 5.32 Å². The molecule has 0 fully saturated rings. The molecule has 0 saturated heterocycles. The largest absolute Gasteiger partial charge is 0.481 e. The van der Waals surface area contributed by atoms with Crippen molar-refractivity contribution in [2.45, 2.75) is 6.42 Å². The average molecular weight is 338 g/mol. The number of nitrogens with one attached hydrogen (secondary N) is 1. The van der Waals surface area contributed by atoms with Crippen LogP contribution in [0, 0.1) is 0 Å². The molecule has 0 aliphatic rings. The molecular weight excluding hydrogens is 324 g/mol. The number of hydrogen-bond donors (Lipinski definition) is 2. The van der Waals surface area contributed by atoms with Crippen LogP contribution in [0.5, 0.6) is 0 Å². The van der Waals surface area contributed by atoms with E-state index in [2.05, 4.69) is 10.3 Å². The number of para-hydroxylation sites is 1. The van der Waals surface area contributed by atoms with Crippen molar-refractivity contribution in [3.8, 4) is 10.6 Å². The van der Waals surface area contributed by atoms with Crippen molar-refractivity contribution in [3.63, 3.8) is 0 Å². The Balaban J connectivity index is 1.79. The summed E-state index contributed by atoms with van der Waals surface area (Å²) in [5.74, 6) is -1.30. The summed E-state index contributed by atoms with van der Waals surface area (Å²) in [5, 5.41) is 14.1. The number of hydrogen-bond acceptors (Lipinski definition) is 4. The van der Waals surface area contributed by atoms with Crippen molar-refractivity contribution in [1.82, 2.24) is 4.98 Å². The van der Waals surface area contributed by atoms with E-state index in [0.29, 0.717) is 16.9 Å². The number of carbonyl (C=O) groups excluding carboxylic acids is 1. The predicted molar refractivity (Wildman–Crippen MR) is 93.3 cm³/mol. The normalized spacial score (nSPS) is 10.3. The highest BCUT2D eigenvalue weighted by molar-refractivity contribution is 7.13. The van der Waals surface area contributed by atoms with Gasteiger partial charge >= 0.3 is 5.97 Å². The van der Waals surface area contributed by atoms with Crippen LogP contribution >= 0.6 is 11.3 Å². The summed E-state index contributed by atoms with van der Waals surface area (Å²) in [6, 6.07) is 16.5. The minimum Gasteiger partial charge on any atom is -0.481 e. The van der Waals surface area contributed by atoms with E-state index >= 15 is 0 Å². The lowest BCUT2D eigenvalue weighted by Crippen LogP contribution is -2.14. The Morgan fingerprint density at radius 2 is 1.75 bits per heavy atom. The Bertz CT molecular complexity index is 875. The number of carboxylic acid groups (broad SMARTS) is 1. The van der Waals surface area contributed by atoms with E-state index in [1.165, 1.54) is 11.3 Å². The van der Waals surface area contributed by atoms with Crippen molar-refractivity contribution in [2.24, 2.45) is 0 Å². The van der Waals surface area contributed by atoms with Crippen LogP contribution in [0.15, 0.2) is 60.0 Å². The molecule has 2 N–H and O–H groups in total. The number of anilines is 1. The van der Waals surface area contributed by atoms with Crippen LogP contribution in [-0.4, -0.2) is 22.0 Å². The Morgan fingerprint density at radius 3 is 2.50 bits per heavy atom. The molecule has 3 rings (SSSR count). The zero-order valence-electron chi connectivity index (χ0n) is 12.6. The minimum atomic E-state index is -0.947. The third-order valence-corrected chi connectivity index (χ3v) is 4.26. The molecule has 1 amide bonds. The highest BCUT2D eigenvalue weighted by Gasteiger charge is 2.14. The monoisotopic (exact) mass is 338 g/mol. The molecule has 2 aromatic carbocycles. The summed E-state index contributed by atoms with van der Waals surface area (Å²) >= 11 is 1.39. The molecule has 0 atom stereocenters. The van der Waals surface area contributed by atoms with Crippen LogP contribution in [0.2, 0.25) is 0 Å². The molecule has 24 heavy (non-hydrogen) atoms. The predicted octanol–water partition coefficient (Wildman–Crippen LogP) is 3.69. The van der Waals surface area contributed by atoms with Crippen molar-refractivity contribution in [3.05, 3.63) is 71.2 Å². The summed E-state index contributed by atoms with van der Waals surface area (Å²) < 4.78 is 0. The van der Waals surface area contributed by atoms with E-state index in [0.717, 1.165) is 10.6 Å². The summed E-state index contributed by atoms with van der Waals surface area (Å²) in [4.78, 5) is 27.7. The number of nitrogens with zero attached hydrogens (tertiary/aromatic N) is 1. The van der Waals surface area contributed by atoms with Gasteiger partial charge in [-0.3, -0.25) is 9.59 Å². The van der Waals surface area contributed by atoms with Gasteiger partial charge in [-0.1, -0.05) is 48.5 Å². The first-order chi connectivity index (χ1) is 11.6. The Kier molecular flexibility index (Phi) is 4.67. The molecule has 0 aliphatic carbocycles. The van der Waals surface area contributed by atoms with E-state index in [9.17, 15) is 9.59 Å². The summed E-state index contributed by atoms with van der Waals surface area (Å²) in [6.45, 7) is 0. The number of benzene rings is 2. The molecule has 3 aromatic rings. The standard InChI is InChI=1S/C18H14N2O3S/c21-16(22)10-13-8-4-5-9-14(13)19-17(23)15-11-24-18(20-15)12-6-2-1-3-7-12/h1-9,11H,10H2,(H,19,23)(H,21,22). The first-order valence-corrected chi connectivity index (χ1v) is 8.13. The molecular formula is C18H14N2O3S. The van der Waals surface area contributed by atoms with Crippen molar-refractivity contribution < 1.29 is 14.7 Å². The van der Waals surface area contributed by atoms with Crippen LogP contribution in [0.1, 0.15) is 16.1 Å². The van der Waals surface area contributed by atoms with Crippen LogP contribution in [0.25, 0.3) is 10.6 Å². The lowest BCUT2D eigenvalue weighted by Gasteiger charge is -2.08. The lowest BCUT2D eigenvalue weighted by atomic mass is 10.1. The highest BCUT2D eigenvalue weighted by Crippen LogP contribution is 2.24. The lowest BCUT2D eigenvalue weighted by molar-refractivity contribution is -0.136. The SMILES string of the molecule is O=C(O)Cc1ccccc1NC(=O)c1csc(-c2ccccc2)n1. The average Bonchev–Trinajstić information content (AvgIpc) is 3.07. The Morgan fingerprint density at radius 1 is 1.04 bits per heavy atom. The molecule has 0 bridgehead atoms. The Hall–Kier alpha value is -2.99.